The zero-order chi connectivity index (χ0) is 25.2. The van der Waals surface area contributed by atoms with E-state index in [1.165, 1.54) is 18.0 Å². The van der Waals surface area contributed by atoms with Crippen molar-refractivity contribution >= 4 is 39.8 Å². The molecule has 2 aromatic carbocycles. The van der Waals surface area contributed by atoms with Gasteiger partial charge in [-0.1, -0.05) is 30.0 Å². The summed E-state index contributed by atoms with van der Waals surface area (Å²) < 4.78 is 12.4. The molecule has 3 rings (SSSR count). The third-order valence-electron chi connectivity index (χ3n) is 4.57. The highest BCUT2D eigenvalue weighted by Crippen LogP contribution is 2.34. The monoisotopic (exact) mass is 553 g/mol. The van der Waals surface area contributed by atoms with E-state index >= 15 is 0 Å². The molecule has 0 saturated heterocycles. The second-order valence-electron chi connectivity index (χ2n) is 7.33. The van der Waals surface area contributed by atoms with Crippen LogP contribution >= 0.6 is 27.7 Å². The number of nitriles is 1. The van der Waals surface area contributed by atoms with Gasteiger partial charge in [0.1, 0.15) is 6.61 Å². The smallest absolute Gasteiger partial charge is 0.250 e. The van der Waals surface area contributed by atoms with E-state index in [0.29, 0.717) is 38.9 Å². The predicted molar refractivity (Wildman–Crippen MR) is 139 cm³/mol. The number of aromatic nitrogens is 2. The Morgan fingerprint density at radius 3 is 2.60 bits per heavy atom. The Balaban J connectivity index is 1.64. The lowest BCUT2D eigenvalue weighted by atomic mass is 10.1. The van der Waals surface area contributed by atoms with E-state index in [1.54, 1.807) is 18.2 Å². The van der Waals surface area contributed by atoms with Gasteiger partial charge in [0.25, 0.3) is 5.91 Å². The van der Waals surface area contributed by atoms with Gasteiger partial charge >= 0.3 is 0 Å². The van der Waals surface area contributed by atoms with Crippen molar-refractivity contribution in [2.75, 3.05) is 12.4 Å². The summed E-state index contributed by atoms with van der Waals surface area (Å²) in [6, 6.07) is 14.9. The molecule has 1 aromatic heterocycles. The highest BCUT2D eigenvalue weighted by molar-refractivity contribution is 9.10. The molecule has 3 aromatic rings. The zero-order valence-electron chi connectivity index (χ0n) is 19.5. The van der Waals surface area contributed by atoms with Crippen LogP contribution in [-0.2, 0) is 11.4 Å². The van der Waals surface area contributed by atoms with Crippen LogP contribution in [0.3, 0.4) is 0 Å². The van der Waals surface area contributed by atoms with E-state index in [2.05, 4.69) is 42.5 Å². The van der Waals surface area contributed by atoms with Gasteiger partial charge in [-0.3, -0.25) is 4.79 Å². The van der Waals surface area contributed by atoms with E-state index in [1.807, 2.05) is 45.0 Å². The largest absolute Gasteiger partial charge is 0.490 e. The van der Waals surface area contributed by atoms with Crippen LogP contribution in [0.4, 0.5) is 0 Å². The fourth-order valence-corrected chi connectivity index (χ4v) is 4.20. The van der Waals surface area contributed by atoms with Crippen molar-refractivity contribution < 1.29 is 14.3 Å². The Labute approximate surface area is 216 Å². The molecule has 1 N–H and O–H groups in total. The number of aryl methyl sites for hydroxylation is 2. The van der Waals surface area contributed by atoms with Gasteiger partial charge in [0.2, 0.25) is 0 Å². The molecule has 0 bridgehead atoms. The predicted octanol–water partition coefficient (Wildman–Crippen LogP) is 4.95. The molecule has 0 unspecified atom stereocenters. The van der Waals surface area contributed by atoms with Gasteiger partial charge in [-0.15, -0.1) is 0 Å². The van der Waals surface area contributed by atoms with Crippen LogP contribution in [0.2, 0.25) is 0 Å². The molecular formula is C25H24BrN5O3S. The van der Waals surface area contributed by atoms with Crippen LogP contribution in [0.1, 0.15) is 35.0 Å². The number of carbonyl (C=O) groups is 1. The first kappa shape index (κ1) is 26.2. The maximum Gasteiger partial charge on any atom is 0.250 e. The van der Waals surface area contributed by atoms with E-state index in [9.17, 15) is 10.1 Å². The Morgan fingerprint density at radius 2 is 1.89 bits per heavy atom. The van der Waals surface area contributed by atoms with E-state index in [-0.39, 0.29) is 18.3 Å². The molecule has 0 saturated carbocycles. The van der Waals surface area contributed by atoms with Gasteiger partial charge in [0.15, 0.2) is 16.7 Å². The first-order chi connectivity index (χ1) is 16.9. The number of hydrazone groups is 1. The number of thioether (sulfide) groups is 1. The number of nitrogens with zero attached hydrogens (tertiary/aromatic N) is 4. The second-order valence-corrected chi connectivity index (χ2v) is 9.12. The van der Waals surface area contributed by atoms with Crippen molar-refractivity contribution in [1.82, 2.24) is 15.4 Å². The topological polar surface area (TPSA) is 109 Å². The minimum Gasteiger partial charge on any atom is -0.490 e. The molecule has 8 nitrogen and oxygen atoms in total. The first-order valence-corrected chi connectivity index (χ1v) is 12.5. The molecule has 0 aliphatic rings. The van der Waals surface area contributed by atoms with Crippen LogP contribution in [0.5, 0.6) is 11.5 Å². The van der Waals surface area contributed by atoms with Crippen molar-refractivity contribution in [3.8, 4) is 17.6 Å². The summed E-state index contributed by atoms with van der Waals surface area (Å²) in [5.41, 5.74) is 6.27. The highest BCUT2D eigenvalue weighted by atomic mass is 79.9. The number of ether oxygens (including phenoxy) is 2. The summed E-state index contributed by atoms with van der Waals surface area (Å²) in [6.45, 7) is 6.32. The van der Waals surface area contributed by atoms with Crippen molar-refractivity contribution in [3.63, 3.8) is 0 Å². The number of halogens is 1. The number of amides is 1. The second kappa shape index (κ2) is 12.9. The van der Waals surface area contributed by atoms with Gasteiger partial charge in [-0.2, -0.15) is 10.4 Å². The summed E-state index contributed by atoms with van der Waals surface area (Å²) in [5, 5.41) is 13.9. The number of nitrogens with one attached hydrogen (secondary N) is 1. The summed E-state index contributed by atoms with van der Waals surface area (Å²) in [5.74, 6) is 0.923. The third-order valence-corrected chi connectivity index (χ3v) is 6.10. The highest BCUT2D eigenvalue weighted by Gasteiger charge is 2.12. The van der Waals surface area contributed by atoms with Crippen molar-refractivity contribution in [1.29, 1.82) is 5.26 Å². The molecule has 0 fully saturated rings. The van der Waals surface area contributed by atoms with E-state index in [4.69, 9.17) is 9.47 Å². The number of rotatable bonds is 10. The van der Waals surface area contributed by atoms with Gasteiger partial charge < -0.3 is 9.47 Å². The molecule has 0 radical (unpaired) electrons. The standard InChI is InChI=1S/C25H24BrN5O3S/c1-4-33-22-10-20(13-28-31-24(32)15-35-25-29-16(2)9-17(3)30-25)21(26)11-23(22)34-14-19-8-6-5-7-18(19)12-27/h5-11,13H,4,14-15H2,1-3H3,(H,31,32)/b28-13-. The van der Waals surface area contributed by atoms with Crippen LogP contribution in [0.25, 0.3) is 0 Å². The molecule has 1 amide bonds. The van der Waals surface area contributed by atoms with Gasteiger partial charge in [0.05, 0.1) is 30.2 Å². The summed E-state index contributed by atoms with van der Waals surface area (Å²) in [4.78, 5) is 20.8. The minimum atomic E-state index is -0.272. The average molecular weight is 554 g/mol. The molecule has 180 valence electrons. The van der Waals surface area contributed by atoms with Crippen LogP contribution in [-0.4, -0.2) is 34.4 Å². The minimum absolute atomic E-state index is 0.141. The van der Waals surface area contributed by atoms with Crippen LogP contribution in [0.15, 0.2) is 57.2 Å². The van der Waals surface area contributed by atoms with Gasteiger partial charge in [-0.05, 0) is 61.0 Å². The molecule has 0 aliphatic carbocycles. The molecule has 10 heteroatoms. The van der Waals surface area contributed by atoms with Crippen LogP contribution in [0, 0.1) is 25.2 Å². The first-order valence-electron chi connectivity index (χ1n) is 10.7. The third kappa shape index (κ3) is 7.80. The Kier molecular flexibility index (Phi) is 9.64. The molecule has 0 atom stereocenters. The van der Waals surface area contributed by atoms with Gasteiger partial charge in [0, 0.05) is 27.0 Å². The molecule has 0 spiro atoms. The SMILES string of the molecule is CCOc1cc(/C=N\NC(=O)CSc2nc(C)cc(C)n2)c(Br)cc1OCc1ccccc1C#N. The molecule has 35 heavy (non-hydrogen) atoms. The van der Waals surface area contributed by atoms with Crippen molar-refractivity contribution in [2.24, 2.45) is 5.10 Å². The summed E-state index contributed by atoms with van der Waals surface area (Å²) in [6.07, 6.45) is 1.53. The summed E-state index contributed by atoms with van der Waals surface area (Å²) in [7, 11) is 0. The maximum absolute atomic E-state index is 12.2. The number of benzene rings is 2. The molecular weight excluding hydrogens is 530 g/mol. The lowest BCUT2D eigenvalue weighted by Gasteiger charge is -2.14. The summed E-state index contributed by atoms with van der Waals surface area (Å²) >= 11 is 4.77. The fraction of sp³-hybridized carbons (Fsp3) is 0.240. The Morgan fingerprint density at radius 1 is 1.17 bits per heavy atom. The average Bonchev–Trinajstić information content (AvgIpc) is 2.83. The molecule has 0 aliphatic heterocycles. The number of hydrogen-bond donors (Lipinski definition) is 1. The lowest BCUT2D eigenvalue weighted by Crippen LogP contribution is -2.20. The Bertz CT molecular complexity index is 1260. The van der Waals surface area contributed by atoms with Crippen molar-refractivity contribution in [2.45, 2.75) is 32.5 Å². The number of hydrogen-bond acceptors (Lipinski definition) is 8. The van der Waals surface area contributed by atoms with Crippen LogP contribution < -0.4 is 14.9 Å². The maximum atomic E-state index is 12.2. The zero-order valence-corrected chi connectivity index (χ0v) is 21.9. The quantitative estimate of drug-likeness (QED) is 0.164. The van der Waals surface area contributed by atoms with E-state index < -0.39 is 0 Å². The van der Waals surface area contributed by atoms with E-state index in [0.717, 1.165) is 17.0 Å². The van der Waals surface area contributed by atoms with Crippen molar-refractivity contribution in [3.05, 3.63) is 75.0 Å². The van der Waals surface area contributed by atoms with Gasteiger partial charge in [-0.25, -0.2) is 15.4 Å². The fourth-order valence-electron chi connectivity index (χ4n) is 3.04. The molecule has 1 heterocycles. The normalized spacial score (nSPS) is 10.7. The number of carbonyl (C=O) groups excluding carboxylic acids is 1. The Hall–Kier alpha value is -3.42. The lowest BCUT2D eigenvalue weighted by molar-refractivity contribution is -0.118.